The van der Waals surface area contributed by atoms with Crippen molar-refractivity contribution in [2.75, 3.05) is 5.32 Å². The van der Waals surface area contributed by atoms with E-state index in [0.717, 1.165) is 11.4 Å². The van der Waals surface area contributed by atoms with E-state index in [-0.39, 0.29) is 17.7 Å². The predicted molar refractivity (Wildman–Crippen MR) is 120 cm³/mol. The van der Waals surface area contributed by atoms with Crippen LogP contribution >= 0.6 is 11.6 Å². The Morgan fingerprint density at radius 2 is 1.77 bits per heavy atom. The van der Waals surface area contributed by atoms with Crippen LogP contribution in [0, 0.1) is 13.8 Å². The van der Waals surface area contributed by atoms with Crippen molar-refractivity contribution in [1.82, 2.24) is 25.3 Å². The summed E-state index contributed by atoms with van der Waals surface area (Å²) in [5.74, 6) is 0.390. The Kier molecular flexibility index (Phi) is 5.64. The summed E-state index contributed by atoms with van der Waals surface area (Å²) in [6.07, 6.45) is 0. The normalized spacial score (nSPS) is 10.8. The van der Waals surface area contributed by atoms with Gasteiger partial charge in [0, 0.05) is 17.1 Å². The van der Waals surface area contributed by atoms with Crippen molar-refractivity contribution in [1.29, 1.82) is 0 Å². The van der Waals surface area contributed by atoms with Crippen LogP contribution in [0.1, 0.15) is 27.6 Å². The van der Waals surface area contributed by atoms with E-state index in [0.29, 0.717) is 33.4 Å². The van der Waals surface area contributed by atoms with Gasteiger partial charge in [-0.3, -0.25) is 9.59 Å². The lowest BCUT2D eigenvalue weighted by atomic mass is 10.2. The van der Waals surface area contributed by atoms with E-state index in [9.17, 15) is 9.59 Å². The summed E-state index contributed by atoms with van der Waals surface area (Å²) < 4.78 is 0. The van der Waals surface area contributed by atoms with Crippen LogP contribution < -0.4 is 16.2 Å². The van der Waals surface area contributed by atoms with E-state index < -0.39 is 5.91 Å². The number of aromatic nitrogens is 4. The van der Waals surface area contributed by atoms with Gasteiger partial charge in [-0.15, -0.1) is 0 Å². The van der Waals surface area contributed by atoms with Gasteiger partial charge in [0.15, 0.2) is 0 Å². The zero-order valence-corrected chi connectivity index (χ0v) is 17.6. The molecule has 0 saturated heterocycles. The summed E-state index contributed by atoms with van der Waals surface area (Å²) in [7, 11) is 0. The van der Waals surface area contributed by atoms with Crippen molar-refractivity contribution in [3.05, 3.63) is 86.7 Å². The van der Waals surface area contributed by atoms with E-state index in [1.54, 1.807) is 42.5 Å². The monoisotopic (exact) mass is 434 g/mol. The van der Waals surface area contributed by atoms with E-state index in [1.165, 1.54) is 0 Å². The van der Waals surface area contributed by atoms with Crippen LogP contribution in [0.4, 0.5) is 11.6 Å². The Hall–Kier alpha value is -3.78. The maximum absolute atomic E-state index is 12.7. The van der Waals surface area contributed by atoms with Crippen molar-refractivity contribution in [2.45, 2.75) is 20.4 Å². The smallest absolute Gasteiger partial charge is 0.258 e. The number of carbonyl (C=O) groups excluding carboxylic acids is 1. The van der Waals surface area contributed by atoms with Crippen LogP contribution in [0.5, 0.6) is 0 Å². The van der Waals surface area contributed by atoms with Gasteiger partial charge in [0.25, 0.3) is 11.5 Å². The molecule has 0 aliphatic carbocycles. The maximum Gasteiger partial charge on any atom is 0.258 e. The van der Waals surface area contributed by atoms with Crippen LogP contribution in [-0.2, 0) is 6.54 Å². The fraction of sp³-hybridized carbons (Fsp3) is 0.136. The minimum atomic E-state index is -0.397. The number of hydrogen-bond donors (Lipinski definition) is 3. The lowest BCUT2D eigenvalue weighted by molar-refractivity contribution is 0.0950. The lowest BCUT2D eigenvalue weighted by Crippen LogP contribution is -2.26. The van der Waals surface area contributed by atoms with Crippen LogP contribution in [0.3, 0.4) is 0 Å². The van der Waals surface area contributed by atoms with Gasteiger partial charge in [0.05, 0.1) is 28.0 Å². The van der Waals surface area contributed by atoms with Gasteiger partial charge in [-0.05, 0) is 50.2 Å². The first kappa shape index (κ1) is 20.5. The molecule has 4 rings (SSSR count). The number of amides is 1. The van der Waals surface area contributed by atoms with Gasteiger partial charge in [0.2, 0.25) is 5.95 Å². The van der Waals surface area contributed by atoms with E-state index in [1.807, 2.05) is 19.9 Å². The Bertz CT molecular complexity index is 1330. The summed E-state index contributed by atoms with van der Waals surface area (Å²) in [4.78, 5) is 40.7. The van der Waals surface area contributed by atoms with Crippen LogP contribution in [-0.4, -0.2) is 25.8 Å². The van der Waals surface area contributed by atoms with Crippen molar-refractivity contribution in [2.24, 2.45) is 0 Å². The highest BCUT2D eigenvalue weighted by Gasteiger charge is 2.13. The summed E-state index contributed by atoms with van der Waals surface area (Å²) in [6, 6.07) is 13.9. The third-order valence-corrected chi connectivity index (χ3v) is 4.86. The molecule has 0 bridgehead atoms. The Morgan fingerprint density at radius 1 is 1.03 bits per heavy atom. The number of rotatable bonds is 5. The number of fused-ring (bicyclic) bond motifs is 1. The highest BCUT2D eigenvalue weighted by atomic mass is 35.5. The fourth-order valence-electron chi connectivity index (χ4n) is 3.17. The number of H-pyrrole nitrogens is 1. The SMILES string of the molecule is Cc1cc(C)nc(Nc2ccc(Cl)c(C(=O)NCc3nc4ccccc4c(=O)[nH]3)c2)n1. The molecule has 8 nitrogen and oxygen atoms in total. The number of nitrogens with zero attached hydrogens (tertiary/aromatic N) is 3. The first-order valence-electron chi connectivity index (χ1n) is 9.54. The molecule has 2 aromatic carbocycles. The molecular formula is C22H19ClN6O2. The van der Waals surface area contributed by atoms with Crippen molar-refractivity contribution in [3.8, 4) is 0 Å². The second-order valence-corrected chi connectivity index (χ2v) is 7.41. The van der Waals surface area contributed by atoms with Gasteiger partial charge in [-0.1, -0.05) is 23.7 Å². The number of aryl methyl sites for hydroxylation is 2. The largest absolute Gasteiger partial charge is 0.345 e. The Morgan fingerprint density at radius 3 is 2.55 bits per heavy atom. The van der Waals surface area contributed by atoms with Gasteiger partial charge >= 0.3 is 0 Å². The summed E-state index contributed by atoms with van der Waals surface area (Å²) in [5.41, 5.74) is 2.87. The summed E-state index contributed by atoms with van der Waals surface area (Å²) in [6.45, 7) is 3.81. The quantitative estimate of drug-likeness (QED) is 0.442. The fourth-order valence-corrected chi connectivity index (χ4v) is 3.37. The zero-order chi connectivity index (χ0) is 22.0. The molecule has 0 fully saturated rings. The number of para-hydroxylation sites is 1. The first-order chi connectivity index (χ1) is 14.9. The molecule has 9 heteroatoms. The molecule has 0 radical (unpaired) electrons. The number of aromatic amines is 1. The molecule has 0 aliphatic rings. The second kappa shape index (κ2) is 8.53. The molecule has 0 unspecified atom stereocenters. The van der Waals surface area contributed by atoms with Crippen LogP contribution in [0.15, 0.2) is 53.3 Å². The molecule has 2 heterocycles. The second-order valence-electron chi connectivity index (χ2n) is 7.01. The van der Waals surface area contributed by atoms with Crippen LogP contribution in [0.25, 0.3) is 10.9 Å². The topological polar surface area (TPSA) is 113 Å². The molecule has 0 saturated carbocycles. The Balaban J connectivity index is 1.52. The maximum atomic E-state index is 12.7. The van der Waals surface area contributed by atoms with E-state index in [2.05, 4.69) is 30.6 Å². The van der Waals surface area contributed by atoms with Gasteiger partial charge in [0.1, 0.15) is 5.82 Å². The van der Waals surface area contributed by atoms with Crippen LogP contribution in [0.2, 0.25) is 5.02 Å². The summed E-state index contributed by atoms with van der Waals surface area (Å²) >= 11 is 6.24. The predicted octanol–water partition coefficient (Wildman–Crippen LogP) is 3.66. The number of benzene rings is 2. The molecule has 31 heavy (non-hydrogen) atoms. The molecule has 2 aromatic heterocycles. The molecule has 156 valence electrons. The summed E-state index contributed by atoms with van der Waals surface area (Å²) in [5, 5.41) is 6.62. The van der Waals surface area contributed by atoms with Gasteiger partial charge < -0.3 is 15.6 Å². The highest BCUT2D eigenvalue weighted by Crippen LogP contribution is 2.22. The molecule has 0 aliphatic heterocycles. The third-order valence-electron chi connectivity index (χ3n) is 4.53. The molecule has 1 amide bonds. The third kappa shape index (κ3) is 4.70. The minimum Gasteiger partial charge on any atom is -0.345 e. The lowest BCUT2D eigenvalue weighted by Gasteiger charge is -2.11. The molecule has 3 N–H and O–H groups in total. The van der Waals surface area contributed by atoms with Gasteiger partial charge in [-0.25, -0.2) is 15.0 Å². The standard InChI is InChI=1S/C22H19ClN6O2/c1-12-9-13(2)26-22(25-12)27-14-7-8-17(23)16(10-14)20(30)24-11-19-28-18-6-4-3-5-15(18)21(31)29-19/h3-10H,11H2,1-2H3,(H,24,30)(H,25,26,27)(H,28,29,31). The zero-order valence-electron chi connectivity index (χ0n) is 16.9. The number of nitrogens with one attached hydrogen (secondary N) is 3. The Labute approximate surface area is 182 Å². The van der Waals surface area contributed by atoms with Crippen molar-refractivity contribution >= 4 is 40.0 Å². The van der Waals surface area contributed by atoms with E-state index >= 15 is 0 Å². The van der Waals surface area contributed by atoms with Gasteiger partial charge in [-0.2, -0.15) is 0 Å². The number of anilines is 2. The number of hydrogen-bond acceptors (Lipinski definition) is 6. The van der Waals surface area contributed by atoms with Crippen molar-refractivity contribution in [3.63, 3.8) is 0 Å². The van der Waals surface area contributed by atoms with Crippen molar-refractivity contribution < 1.29 is 4.79 Å². The molecule has 4 aromatic rings. The average molecular weight is 435 g/mol. The number of halogens is 1. The molecule has 0 atom stereocenters. The molecular weight excluding hydrogens is 416 g/mol. The number of carbonyl (C=O) groups is 1. The van der Waals surface area contributed by atoms with E-state index in [4.69, 9.17) is 11.6 Å². The highest BCUT2D eigenvalue weighted by molar-refractivity contribution is 6.34. The first-order valence-corrected chi connectivity index (χ1v) is 9.92. The minimum absolute atomic E-state index is 0.0487. The molecule has 0 spiro atoms. The average Bonchev–Trinajstić information content (AvgIpc) is 2.73.